The van der Waals surface area contributed by atoms with E-state index in [9.17, 15) is 18.0 Å². The number of hydrogen-bond donors (Lipinski definition) is 1. The van der Waals surface area contributed by atoms with Crippen LogP contribution in [0.3, 0.4) is 0 Å². The lowest BCUT2D eigenvalue weighted by Gasteiger charge is -2.34. The van der Waals surface area contributed by atoms with Crippen molar-refractivity contribution in [1.29, 1.82) is 0 Å². The van der Waals surface area contributed by atoms with Gasteiger partial charge in [-0.25, -0.2) is 8.42 Å². The topological polar surface area (TPSA) is 86.8 Å². The molecule has 3 aromatic carbocycles. The summed E-state index contributed by atoms with van der Waals surface area (Å²) in [7, 11) is -4.07. The molecule has 0 bridgehead atoms. The van der Waals surface area contributed by atoms with Gasteiger partial charge in [-0.2, -0.15) is 0 Å². The maximum absolute atomic E-state index is 14.2. The van der Waals surface area contributed by atoms with Crippen molar-refractivity contribution in [3.8, 4) is 0 Å². The van der Waals surface area contributed by atoms with Crippen LogP contribution >= 0.6 is 0 Å². The fourth-order valence-corrected chi connectivity index (χ4v) is 6.72. The van der Waals surface area contributed by atoms with E-state index >= 15 is 0 Å². The van der Waals surface area contributed by atoms with Gasteiger partial charge in [-0.1, -0.05) is 74.4 Å². The molecule has 0 unspecified atom stereocenters. The molecule has 40 heavy (non-hydrogen) atoms. The summed E-state index contributed by atoms with van der Waals surface area (Å²) in [5.74, 6) is -0.623. The number of amides is 2. The highest BCUT2D eigenvalue weighted by molar-refractivity contribution is 7.92. The first-order valence-corrected chi connectivity index (χ1v) is 15.4. The highest BCUT2D eigenvalue weighted by Gasteiger charge is 2.34. The summed E-state index contributed by atoms with van der Waals surface area (Å²) in [6, 6.07) is 22.3. The highest BCUT2D eigenvalue weighted by Crippen LogP contribution is 2.26. The molecule has 212 valence electrons. The van der Waals surface area contributed by atoms with Gasteiger partial charge >= 0.3 is 0 Å². The first-order valence-electron chi connectivity index (χ1n) is 14.0. The minimum atomic E-state index is -4.07. The summed E-state index contributed by atoms with van der Waals surface area (Å²) >= 11 is 0. The van der Waals surface area contributed by atoms with Crippen molar-refractivity contribution in [2.45, 2.75) is 76.4 Å². The SMILES string of the molecule is CC[C@@H](C(=O)NC1CCCC1)N(Cc1ccccc1C)C(=O)CN(c1cccc(C)c1)S(=O)(=O)c1ccccc1. The molecule has 0 heterocycles. The van der Waals surface area contributed by atoms with E-state index in [0.717, 1.165) is 46.7 Å². The Bertz CT molecular complexity index is 1420. The molecule has 7 nitrogen and oxygen atoms in total. The third-order valence-corrected chi connectivity index (χ3v) is 9.38. The summed E-state index contributed by atoms with van der Waals surface area (Å²) in [6.07, 6.45) is 4.44. The van der Waals surface area contributed by atoms with Gasteiger partial charge in [0.05, 0.1) is 10.6 Å². The first kappa shape index (κ1) is 29.3. The molecule has 4 rings (SSSR count). The Morgan fingerprint density at radius 2 is 1.60 bits per heavy atom. The molecule has 1 aliphatic carbocycles. The molecule has 0 saturated heterocycles. The molecule has 1 aliphatic rings. The number of nitrogens with one attached hydrogen (secondary N) is 1. The van der Waals surface area contributed by atoms with E-state index in [4.69, 9.17) is 0 Å². The van der Waals surface area contributed by atoms with Crippen LogP contribution in [0.2, 0.25) is 0 Å². The van der Waals surface area contributed by atoms with Crippen molar-refractivity contribution in [3.63, 3.8) is 0 Å². The number of aryl methyl sites for hydroxylation is 2. The number of sulfonamides is 1. The molecule has 0 radical (unpaired) electrons. The fourth-order valence-electron chi connectivity index (χ4n) is 5.29. The van der Waals surface area contributed by atoms with Crippen LogP contribution in [0.1, 0.15) is 55.7 Å². The summed E-state index contributed by atoms with van der Waals surface area (Å²) in [6.45, 7) is 5.50. The molecule has 3 aromatic rings. The van der Waals surface area contributed by atoms with Crippen molar-refractivity contribution in [2.75, 3.05) is 10.8 Å². The number of benzene rings is 3. The molecule has 0 aliphatic heterocycles. The summed E-state index contributed by atoms with van der Waals surface area (Å²) in [5.41, 5.74) is 3.18. The number of hydrogen-bond acceptors (Lipinski definition) is 4. The van der Waals surface area contributed by atoms with Crippen molar-refractivity contribution < 1.29 is 18.0 Å². The summed E-state index contributed by atoms with van der Waals surface area (Å²) in [4.78, 5) is 29.4. The van der Waals surface area contributed by atoms with E-state index in [0.29, 0.717) is 12.1 Å². The van der Waals surface area contributed by atoms with E-state index in [1.54, 1.807) is 41.3 Å². The largest absolute Gasteiger partial charge is 0.352 e. The van der Waals surface area contributed by atoms with Crippen molar-refractivity contribution in [2.24, 2.45) is 0 Å². The predicted molar refractivity (Wildman–Crippen MR) is 158 cm³/mol. The maximum atomic E-state index is 14.2. The molecular formula is C32H39N3O4S. The van der Waals surface area contributed by atoms with Gasteiger partial charge in [0.2, 0.25) is 11.8 Å². The quantitative estimate of drug-likeness (QED) is 0.341. The molecule has 0 spiro atoms. The fraction of sp³-hybridized carbons (Fsp3) is 0.375. The van der Waals surface area contributed by atoms with Crippen molar-refractivity contribution in [3.05, 3.63) is 95.6 Å². The van der Waals surface area contributed by atoms with Crippen LogP contribution in [0.4, 0.5) is 5.69 Å². The molecule has 1 N–H and O–H groups in total. The Morgan fingerprint density at radius 1 is 0.925 bits per heavy atom. The van der Waals surface area contributed by atoms with Gasteiger partial charge in [-0.05, 0) is 74.1 Å². The summed E-state index contributed by atoms with van der Waals surface area (Å²) < 4.78 is 28.9. The standard InChI is InChI=1S/C32H39N3O4S/c1-4-30(32(37)33-27-16-10-11-17-27)34(22-26-15-9-8-14-25(26)3)31(36)23-35(28-18-12-13-24(2)21-28)40(38,39)29-19-6-5-7-20-29/h5-9,12-15,18-21,27,30H,4,10-11,16-17,22-23H2,1-3H3,(H,33,37)/t30-/m0/s1. The number of anilines is 1. The van der Waals surface area contributed by atoms with Crippen LogP contribution in [0.25, 0.3) is 0 Å². The number of carbonyl (C=O) groups is 2. The average Bonchev–Trinajstić information content (AvgIpc) is 3.46. The van der Waals surface area contributed by atoms with E-state index < -0.39 is 28.5 Å². The maximum Gasteiger partial charge on any atom is 0.264 e. The monoisotopic (exact) mass is 561 g/mol. The second-order valence-electron chi connectivity index (χ2n) is 10.5. The van der Waals surface area contributed by atoms with E-state index in [1.807, 2.05) is 51.1 Å². The zero-order valence-corrected chi connectivity index (χ0v) is 24.4. The molecule has 0 aromatic heterocycles. The van der Waals surface area contributed by atoms with Gasteiger partial charge < -0.3 is 10.2 Å². The van der Waals surface area contributed by atoms with Gasteiger partial charge in [-0.3, -0.25) is 13.9 Å². The summed E-state index contributed by atoms with van der Waals surface area (Å²) in [5, 5.41) is 3.15. The molecule has 2 amide bonds. The minimum Gasteiger partial charge on any atom is -0.352 e. The van der Waals surface area contributed by atoms with Crippen LogP contribution in [0.5, 0.6) is 0 Å². The predicted octanol–water partition coefficient (Wildman–Crippen LogP) is 5.36. The zero-order chi connectivity index (χ0) is 28.7. The lowest BCUT2D eigenvalue weighted by molar-refractivity contribution is -0.140. The Balaban J connectivity index is 1.71. The Morgan fingerprint density at radius 3 is 2.25 bits per heavy atom. The third-order valence-electron chi connectivity index (χ3n) is 7.59. The van der Waals surface area contributed by atoms with E-state index in [1.165, 1.54) is 12.1 Å². The van der Waals surface area contributed by atoms with Gasteiger partial charge in [-0.15, -0.1) is 0 Å². The highest BCUT2D eigenvalue weighted by atomic mass is 32.2. The lowest BCUT2D eigenvalue weighted by Crippen LogP contribution is -2.53. The van der Waals surface area contributed by atoms with Crippen LogP contribution in [-0.2, 0) is 26.2 Å². The van der Waals surface area contributed by atoms with E-state index in [2.05, 4.69) is 5.32 Å². The van der Waals surface area contributed by atoms with Crippen molar-refractivity contribution in [1.82, 2.24) is 10.2 Å². The second kappa shape index (κ2) is 13.1. The molecular weight excluding hydrogens is 522 g/mol. The van der Waals surface area contributed by atoms with Gasteiger partial charge in [0.15, 0.2) is 0 Å². The minimum absolute atomic E-state index is 0.0979. The molecule has 1 fully saturated rings. The van der Waals surface area contributed by atoms with E-state index in [-0.39, 0.29) is 23.4 Å². The van der Waals surface area contributed by atoms with Gasteiger partial charge in [0, 0.05) is 12.6 Å². The average molecular weight is 562 g/mol. The Hall–Kier alpha value is -3.65. The Kier molecular flexibility index (Phi) is 9.63. The second-order valence-corrected chi connectivity index (χ2v) is 12.4. The van der Waals surface area contributed by atoms with Gasteiger partial charge in [0.1, 0.15) is 12.6 Å². The molecule has 1 atom stereocenters. The first-order chi connectivity index (χ1) is 19.2. The smallest absolute Gasteiger partial charge is 0.264 e. The number of carbonyl (C=O) groups excluding carboxylic acids is 2. The Labute approximate surface area is 238 Å². The van der Waals surface area contributed by atoms with Crippen LogP contribution in [-0.4, -0.2) is 43.8 Å². The van der Waals surface area contributed by atoms with Crippen LogP contribution in [0, 0.1) is 13.8 Å². The normalized spacial score (nSPS) is 14.5. The van der Waals surface area contributed by atoms with Crippen molar-refractivity contribution >= 4 is 27.5 Å². The lowest BCUT2D eigenvalue weighted by atomic mass is 10.1. The third kappa shape index (κ3) is 6.91. The van der Waals surface area contributed by atoms with Crippen LogP contribution < -0.4 is 9.62 Å². The zero-order valence-electron chi connectivity index (χ0n) is 23.5. The van der Waals surface area contributed by atoms with Gasteiger partial charge in [0.25, 0.3) is 10.0 Å². The molecule has 1 saturated carbocycles. The number of rotatable bonds is 11. The van der Waals surface area contributed by atoms with Crippen LogP contribution in [0.15, 0.2) is 83.8 Å². The number of nitrogens with zero attached hydrogens (tertiary/aromatic N) is 2. The molecule has 8 heteroatoms.